The van der Waals surface area contributed by atoms with Crippen LogP contribution in [0.4, 0.5) is 0 Å². The monoisotopic (exact) mass is 232 g/mol. The van der Waals surface area contributed by atoms with Crippen LogP contribution >= 0.6 is 0 Å². The van der Waals surface area contributed by atoms with Gasteiger partial charge in [-0.2, -0.15) is 0 Å². The summed E-state index contributed by atoms with van der Waals surface area (Å²) >= 11 is 0. The molecule has 0 amide bonds. The average molecular weight is 232 g/mol. The van der Waals surface area contributed by atoms with Crippen LogP contribution in [0.5, 0.6) is 0 Å². The highest BCUT2D eigenvalue weighted by molar-refractivity contribution is 6.53. The molecule has 4 heteroatoms. The molecule has 0 bridgehead atoms. The third-order valence-corrected chi connectivity index (χ3v) is 4.39. The Morgan fingerprint density at radius 3 is 1.67 bits per heavy atom. The van der Waals surface area contributed by atoms with Crippen molar-refractivity contribution in [2.45, 2.75) is 66.2 Å². The highest BCUT2D eigenvalue weighted by atomic mass is 28.3. The molecule has 2 N–H and O–H groups in total. The molecule has 0 spiro atoms. The van der Waals surface area contributed by atoms with Gasteiger partial charge in [0.25, 0.3) is 0 Å². The second kappa shape index (κ2) is 6.63. The van der Waals surface area contributed by atoms with Gasteiger partial charge in [0.15, 0.2) is 0 Å². The second-order valence-electron chi connectivity index (χ2n) is 5.62. The van der Waals surface area contributed by atoms with Gasteiger partial charge in [-0.1, -0.05) is 27.7 Å². The van der Waals surface area contributed by atoms with E-state index in [4.69, 9.17) is 4.74 Å². The Kier molecular flexibility index (Phi) is 6.67. The Bertz CT molecular complexity index is 156. The van der Waals surface area contributed by atoms with E-state index in [1.54, 1.807) is 0 Å². The molecule has 0 unspecified atom stereocenters. The summed E-state index contributed by atoms with van der Waals surface area (Å²) in [5, 5.41) is 0. The van der Waals surface area contributed by atoms with Crippen molar-refractivity contribution >= 4 is 9.12 Å². The fraction of sp³-hybridized carbons (Fsp3) is 1.00. The van der Waals surface area contributed by atoms with Gasteiger partial charge in [-0.25, -0.2) is 0 Å². The number of nitrogens with one attached hydrogen (secondary N) is 2. The van der Waals surface area contributed by atoms with Gasteiger partial charge in [0.2, 0.25) is 9.12 Å². The van der Waals surface area contributed by atoms with Crippen LogP contribution in [0.15, 0.2) is 0 Å². The van der Waals surface area contributed by atoms with Gasteiger partial charge in [-0.15, -0.1) is 0 Å². The molecule has 0 aliphatic heterocycles. The highest BCUT2D eigenvalue weighted by Crippen LogP contribution is 2.06. The molecule has 0 aromatic heterocycles. The molecule has 3 nitrogen and oxygen atoms in total. The predicted octanol–water partition coefficient (Wildman–Crippen LogP) is 1.56. The lowest BCUT2D eigenvalue weighted by Crippen LogP contribution is -2.56. The first-order chi connectivity index (χ1) is 6.70. The molecule has 0 saturated heterocycles. The van der Waals surface area contributed by atoms with Crippen molar-refractivity contribution in [3.63, 3.8) is 0 Å². The Labute approximate surface area is 96.7 Å². The van der Waals surface area contributed by atoms with Crippen molar-refractivity contribution in [2.24, 2.45) is 0 Å². The van der Waals surface area contributed by atoms with Crippen LogP contribution in [0.25, 0.3) is 0 Å². The molecule has 0 radical (unpaired) electrons. The SMILES string of the molecule is CC(C)N[SiH](COC(C)(C)C)NC(C)C. The van der Waals surface area contributed by atoms with Crippen LogP contribution in [0, 0.1) is 0 Å². The third-order valence-electron chi connectivity index (χ3n) is 1.75. The molecule has 0 aromatic carbocycles. The van der Waals surface area contributed by atoms with Crippen molar-refractivity contribution < 1.29 is 4.74 Å². The summed E-state index contributed by atoms with van der Waals surface area (Å²) in [7, 11) is -1.17. The molecule has 0 rings (SSSR count). The number of hydrogen-bond acceptors (Lipinski definition) is 3. The van der Waals surface area contributed by atoms with E-state index in [1.165, 1.54) is 0 Å². The van der Waals surface area contributed by atoms with E-state index in [2.05, 4.69) is 58.4 Å². The Hall–Kier alpha value is 0.0969. The van der Waals surface area contributed by atoms with Crippen LogP contribution in [0.3, 0.4) is 0 Å². The summed E-state index contributed by atoms with van der Waals surface area (Å²) in [6, 6.07) is 1.05. The summed E-state index contributed by atoms with van der Waals surface area (Å²) < 4.78 is 5.83. The Morgan fingerprint density at radius 1 is 1.00 bits per heavy atom. The van der Waals surface area contributed by atoms with Gasteiger partial charge in [-0.05, 0) is 32.9 Å². The Morgan fingerprint density at radius 2 is 1.40 bits per heavy atom. The number of ether oxygens (including phenoxy) is 1. The van der Waals surface area contributed by atoms with Crippen molar-refractivity contribution in [1.29, 1.82) is 0 Å². The molecule has 0 aromatic rings. The summed E-state index contributed by atoms with van der Waals surface area (Å²) in [5.41, 5.74) is -0.0391. The largest absolute Gasteiger partial charge is 0.376 e. The van der Waals surface area contributed by atoms with Crippen LogP contribution in [0.1, 0.15) is 48.5 Å². The molecule has 0 aliphatic carbocycles. The van der Waals surface area contributed by atoms with Crippen LogP contribution < -0.4 is 9.96 Å². The molecular formula is C11H28N2OSi. The summed E-state index contributed by atoms with van der Waals surface area (Å²) in [5.74, 6) is 0. The quantitative estimate of drug-likeness (QED) is 0.682. The normalized spacial score (nSPS) is 13.2. The fourth-order valence-corrected chi connectivity index (χ4v) is 3.85. The minimum atomic E-state index is -1.17. The molecule has 0 atom stereocenters. The number of hydrogen-bond donors (Lipinski definition) is 2. The van der Waals surface area contributed by atoms with Crippen molar-refractivity contribution in [1.82, 2.24) is 9.96 Å². The van der Waals surface area contributed by atoms with E-state index in [0.717, 1.165) is 6.23 Å². The average Bonchev–Trinajstić information content (AvgIpc) is 1.96. The maximum Gasteiger partial charge on any atom is 0.211 e. The number of rotatable bonds is 6. The Balaban J connectivity index is 4.01. The molecule has 92 valence electrons. The summed E-state index contributed by atoms with van der Waals surface area (Å²) in [6.07, 6.45) is 0.833. The second-order valence-corrected chi connectivity index (χ2v) is 7.72. The smallest absolute Gasteiger partial charge is 0.211 e. The summed E-state index contributed by atoms with van der Waals surface area (Å²) in [6.45, 7) is 15.0. The van der Waals surface area contributed by atoms with E-state index < -0.39 is 9.12 Å². The molecular weight excluding hydrogens is 204 g/mol. The lowest BCUT2D eigenvalue weighted by Gasteiger charge is -2.27. The zero-order chi connectivity index (χ0) is 12.1. The van der Waals surface area contributed by atoms with Crippen molar-refractivity contribution in [3.8, 4) is 0 Å². The molecule has 0 heterocycles. The van der Waals surface area contributed by atoms with E-state index in [9.17, 15) is 0 Å². The van der Waals surface area contributed by atoms with Gasteiger partial charge in [0.05, 0.1) is 11.8 Å². The van der Waals surface area contributed by atoms with E-state index in [0.29, 0.717) is 12.1 Å². The zero-order valence-electron chi connectivity index (χ0n) is 11.3. The van der Waals surface area contributed by atoms with Gasteiger partial charge in [0.1, 0.15) is 0 Å². The maximum atomic E-state index is 5.83. The molecule has 15 heavy (non-hydrogen) atoms. The van der Waals surface area contributed by atoms with Gasteiger partial charge < -0.3 is 14.7 Å². The van der Waals surface area contributed by atoms with Crippen molar-refractivity contribution in [2.75, 3.05) is 6.23 Å². The maximum absolute atomic E-state index is 5.83. The lowest BCUT2D eigenvalue weighted by atomic mass is 10.2. The molecule has 0 fully saturated rings. The van der Waals surface area contributed by atoms with Crippen LogP contribution in [-0.4, -0.2) is 33.0 Å². The first kappa shape index (κ1) is 15.1. The highest BCUT2D eigenvalue weighted by Gasteiger charge is 2.18. The van der Waals surface area contributed by atoms with Gasteiger partial charge in [-0.3, -0.25) is 0 Å². The van der Waals surface area contributed by atoms with Crippen molar-refractivity contribution in [3.05, 3.63) is 0 Å². The van der Waals surface area contributed by atoms with Crippen LogP contribution in [0.2, 0.25) is 0 Å². The zero-order valence-corrected chi connectivity index (χ0v) is 12.5. The fourth-order valence-electron chi connectivity index (χ4n) is 1.28. The third kappa shape index (κ3) is 10.4. The van der Waals surface area contributed by atoms with Gasteiger partial charge in [0, 0.05) is 0 Å². The minimum absolute atomic E-state index is 0.0391. The molecule has 0 saturated carbocycles. The van der Waals surface area contributed by atoms with E-state index >= 15 is 0 Å². The van der Waals surface area contributed by atoms with E-state index in [-0.39, 0.29) is 5.60 Å². The topological polar surface area (TPSA) is 33.3 Å². The predicted molar refractivity (Wildman–Crippen MR) is 69.4 cm³/mol. The minimum Gasteiger partial charge on any atom is -0.376 e. The van der Waals surface area contributed by atoms with Crippen LogP contribution in [-0.2, 0) is 4.74 Å². The molecule has 0 aliphatic rings. The first-order valence-electron chi connectivity index (χ1n) is 5.87. The first-order valence-corrected chi connectivity index (χ1v) is 7.84. The summed E-state index contributed by atoms with van der Waals surface area (Å²) in [4.78, 5) is 7.17. The van der Waals surface area contributed by atoms with Gasteiger partial charge >= 0.3 is 0 Å². The van der Waals surface area contributed by atoms with E-state index in [1.807, 2.05) is 0 Å². The lowest BCUT2D eigenvalue weighted by molar-refractivity contribution is 0.0218. The standard InChI is InChI=1S/C11H28N2OSi/c1-9(2)12-15(13-10(3)4)8-14-11(5,6)7/h9-10,12-13,15H,8H2,1-7H3.